The number of aryl methyl sites for hydroxylation is 2. The van der Waals surface area contributed by atoms with Crippen molar-refractivity contribution >= 4 is 0 Å². The molecular weight excluding hydrogens is 202 g/mol. The average Bonchev–Trinajstić information content (AvgIpc) is 2.59. The largest absolute Gasteiger partial charge is 0.324 e. The van der Waals surface area contributed by atoms with E-state index in [2.05, 4.69) is 21.4 Å². The van der Waals surface area contributed by atoms with Crippen molar-refractivity contribution in [3.05, 3.63) is 41.5 Å². The van der Waals surface area contributed by atoms with Crippen molar-refractivity contribution in [2.75, 3.05) is 0 Å². The van der Waals surface area contributed by atoms with Gasteiger partial charge in [0.1, 0.15) is 0 Å². The molecule has 0 aliphatic rings. The molecule has 84 valence electrons. The predicted molar refractivity (Wildman–Crippen MR) is 60.6 cm³/mol. The Morgan fingerprint density at radius 3 is 2.81 bits per heavy atom. The zero-order valence-corrected chi connectivity index (χ0v) is 9.46. The lowest BCUT2D eigenvalue weighted by atomic mass is 10.1. The summed E-state index contributed by atoms with van der Waals surface area (Å²) in [5, 5.41) is 11.8. The number of rotatable bonds is 3. The fraction of sp³-hybridized carbons (Fsp3) is 0.364. The number of nitrogens with two attached hydrogens (primary N) is 1. The van der Waals surface area contributed by atoms with Crippen LogP contribution < -0.4 is 5.73 Å². The first kappa shape index (κ1) is 10.8. The number of nitrogens with zero attached hydrogens (tertiary/aromatic N) is 4. The van der Waals surface area contributed by atoms with Crippen molar-refractivity contribution in [2.45, 2.75) is 19.4 Å². The minimum Gasteiger partial charge on any atom is -0.324 e. The Labute approximate surface area is 94.3 Å². The van der Waals surface area contributed by atoms with Crippen LogP contribution in [-0.2, 0) is 13.5 Å². The van der Waals surface area contributed by atoms with E-state index in [0.29, 0.717) is 0 Å². The monoisotopic (exact) mass is 217 g/mol. The second-order valence-electron chi connectivity index (χ2n) is 3.89. The Hall–Kier alpha value is -1.75. The molecule has 5 nitrogen and oxygen atoms in total. The molecule has 0 saturated carbocycles. The van der Waals surface area contributed by atoms with E-state index in [-0.39, 0.29) is 6.04 Å². The molecule has 2 aromatic rings. The van der Waals surface area contributed by atoms with Crippen LogP contribution in [0, 0.1) is 6.92 Å². The van der Waals surface area contributed by atoms with Gasteiger partial charge < -0.3 is 5.73 Å². The summed E-state index contributed by atoms with van der Waals surface area (Å²) in [5.74, 6) is 0. The van der Waals surface area contributed by atoms with Gasteiger partial charge in [-0.2, -0.15) is 15.3 Å². The van der Waals surface area contributed by atoms with Gasteiger partial charge in [-0.3, -0.25) is 4.68 Å². The zero-order valence-electron chi connectivity index (χ0n) is 9.46. The average molecular weight is 217 g/mol. The first-order valence-electron chi connectivity index (χ1n) is 5.18. The summed E-state index contributed by atoms with van der Waals surface area (Å²) >= 11 is 0. The number of hydrogen-bond acceptors (Lipinski definition) is 4. The SMILES string of the molecule is Cc1cc(CC(N)c2ccnnc2)n(C)n1. The van der Waals surface area contributed by atoms with Gasteiger partial charge in [0.15, 0.2) is 0 Å². The molecule has 2 heterocycles. The molecule has 0 aliphatic carbocycles. The van der Waals surface area contributed by atoms with Gasteiger partial charge >= 0.3 is 0 Å². The molecule has 0 spiro atoms. The van der Waals surface area contributed by atoms with Gasteiger partial charge in [-0.05, 0) is 24.6 Å². The highest BCUT2D eigenvalue weighted by molar-refractivity contribution is 5.16. The highest BCUT2D eigenvalue weighted by Crippen LogP contribution is 2.14. The van der Waals surface area contributed by atoms with Crippen molar-refractivity contribution in [1.82, 2.24) is 20.0 Å². The second-order valence-corrected chi connectivity index (χ2v) is 3.89. The van der Waals surface area contributed by atoms with Crippen LogP contribution in [0.2, 0.25) is 0 Å². The number of aromatic nitrogens is 4. The molecule has 0 radical (unpaired) electrons. The zero-order chi connectivity index (χ0) is 11.5. The second kappa shape index (κ2) is 4.40. The summed E-state index contributed by atoms with van der Waals surface area (Å²) in [5.41, 5.74) is 9.23. The fourth-order valence-electron chi connectivity index (χ4n) is 1.72. The van der Waals surface area contributed by atoms with Crippen LogP contribution in [0.15, 0.2) is 24.5 Å². The van der Waals surface area contributed by atoms with Crippen molar-refractivity contribution in [1.29, 1.82) is 0 Å². The van der Waals surface area contributed by atoms with Gasteiger partial charge in [0.05, 0.1) is 11.9 Å². The van der Waals surface area contributed by atoms with E-state index in [1.54, 1.807) is 12.4 Å². The molecule has 2 rings (SSSR count). The molecule has 0 aliphatic heterocycles. The Morgan fingerprint density at radius 1 is 1.44 bits per heavy atom. The molecule has 2 aromatic heterocycles. The first-order valence-corrected chi connectivity index (χ1v) is 5.18. The van der Waals surface area contributed by atoms with Gasteiger partial charge in [-0.1, -0.05) is 0 Å². The third kappa shape index (κ3) is 2.25. The van der Waals surface area contributed by atoms with E-state index < -0.39 is 0 Å². The molecule has 1 unspecified atom stereocenters. The van der Waals surface area contributed by atoms with Crippen LogP contribution in [0.3, 0.4) is 0 Å². The minimum absolute atomic E-state index is 0.0645. The topological polar surface area (TPSA) is 69.6 Å². The maximum absolute atomic E-state index is 6.10. The normalized spacial score (nSPS) is 12.7. The van der Waals surface area contributed by atoms with Crippen LogP contribution in [0.25, 0.3) is 0 Å². The van der Waals surface area contributed by atoms with Gasteiger partial charge in [0, 0.05) is 31.4 Å². The smallest absolute Gasteiger partial charge is 0.0596 e. The third-order valence-electron chi connectivity index (χ3n) is 2.56. The van der Waals surface area contributed by atoms with E-state index >= 15 is 0 Å². The van der Waals surface area contributed by atoms with Crippen molar-refractivity contribution < 1.29 is 0 Å². The molecule has 16 heavy (non-hydrogen) atoms. The molecule has 0 aromatic carbocycles. The lowest BCUT2D eigenvalue weighted by Gasteiger charge is -2.10. The van der Waals surface area contributed by atoms with Crippen LogP contribution in [0.5, 0.6) is 0 Å². The Morgan fingerprint density at radius 2 is 2.25 bits per heavy atom. The van der Waals surface area contributed by atoms with E-state index in [1.165, 1.54) is 0 Å². The highest BCUT2D eigenvalue weighted by Gasteiger charge is 2.10. The Bertz CT molecular complexity index is 462. The van der Waals surface area contributed by atoms with Gasteiger partial charge in [0.25, 0.3) is 0 Å². The summed E-state index contributed by atoms with van der Waals surface area (Å²) in [4.78, 5) is 0. The summed E-state index contributed by atoms with van der Waals surface area (Å²) in [7, 11) is 1.93. The molecule has 0 amide bonds. The molecule has 1 atom stereocenters. The lowest BCUT2D eigenvalue weighted by molar-refractivity contribution is 0.636. The molecular formula is C11H15N5. The van der Waals surface area contributed by atoms with Crippen molar-refractivity contribution in [2.24, 2.45) is 12.8 Å². The van der Waals surface area contributed by atoms with E-state index in [4.69, 9.17) is 5.73 Å². The summed E-state index contributed by atoms with van der Waals surface area (Å²) < 4.78 is 1.86. The van der Waals surface area contributed by atoms with E-state index in [0.717, 1.165) is 23.4 Å². The predicted octanol–water partition coefficient (Wildman–Crippen LogP) is 0.761. The lowest BCUT2D eigenvalue weighted by Crippen LogP contribution is -2.15. The van der Waals surface area contributed by atoms with Gasteiger partial charge in [-0.15, -0.1) is 0 Å². The van der Waals surface area contributed by atoms with Crippen LogP contribution in [0.1, 0.15) is 23.0 Å². The van der Waals surface area contributed by atoms with Crippen LogP contribution in [0.4, 0.5) is 0 Å². The van der Waals surface area contributed by atoms with E-state index in [9.17, 15) is 0 Å². The van der Waals surface area contributed by atoms with Crippen molar-refractivity contribution in [3.8, 4) is 0 Å². The summed E-state index contributed by atoms with van der Waals surface area (Å²) in [6.45, 7) is 1.98. The fourth-order valence-corrected chi connectivity index (χ4v) is 1.72. The standard InChI is InChI=1S/C11H15N5/c1-8-5-10(16(2)15-8)6-11(12)9-3-4-13-14-7-9/h3-5,7,11H,6,12H2,1-2H3. The third-order valence-corrected chi connectivity index (χ3v) is 2.56. The number of hydrogen-bond donors (Lipinski definition) is 1. The molecule has 0 bridgehead atoms. The molecule has 2 N–H and O–H groups in total. The molecule has 0 fully saturated rings. The molecule has 0 saturated heterocycles. The van der Waals surface area contributed by atoms with Gasteiger partial charge in [0.2, 0.25) is 0 Å². The van der Waals surface area contributed by atoms with Crippen LogP contribution >= 0.6 is 0 Å². The maximum Gasteiger partial charge on any atom is 0.0596 e. The first-order chi connectivity index (χ1) is 7.66. The quantitative estimate of drug-likeness (QED) is 0.824. The van der Waals surface area contributed by atoms with Crippen LogP contribution in [-0.4, -0.2) is 20.0 Å². The summed E-state index contributed by atoms with van der Waals surface area (Å²) in [6, 6.07) is 3.88. The van der Waals surface area contributed by atoms with Gasteiger partial charge in [-0.25, -0.2) is 0 Å². The maximum atomic E-state index is 6.10. The highest BCUT2D eigenvalue weighted by atomic mass is 15.3. The molecule has 5 heteroatoms. The minimum atomic E-state index is -0.0645. The van der Waals surface area contributed by atoms with Crippen molar-refractivity contribution in [3.63, 3.8) is 0 Å². The Balaban J connectivity index is 2.14. The Kier molecular flexibility index (Phi) is 2.96. The van der Waals surface area contributed by atoms with E-state index in [1.807, 2.05) is 24.7 Å². The summed E-state index contributed by atoms with van der Waals surface area (Å²) in [6.07, 6.45) is 4.11.